The second-order valence-electron chi connectivity index (χ2n) is 11.2. The number of benzene rings is 2. The first-order chi connectivity index (χ1) is 23.0. The summed E-state index contributed by atoms with van der Waals surface area (Å²) >= 11 is 0. The van der Waals surface area contributed by atoms with Crippen LogP contribution in [0.15, 0.2) is 66.9 Å². The number of carbonyl (C=O) groups is 6. The van der Waals surface area contributed by atoms with Crippen LogP contribution in [0.25, 0.3) is 0 Å². The van der Waals surface area contributed by atoms with Crippen molar-refractivity contribution in [2.45, 2.75) is 70.0 Å². The van der Waals surface area contributed by atoms with E-state index in [-0.39, 0.29) is 31.4 Å². The van der Waals surface area contributed by atoms with Crippen LogP contribution >= 0.6 is 0 Å². The van der Waals surface area contributed by atoms with E-state index in [4.69, 9.17) is 5.11 Å². The van der Waals surface area contributed by atoms with Crippen molar-refractivity contribution >= 4 is 35.6 Å². The monoisotopic (exact) mass is 663 g/mol. The zero-order valence-corrected chi connectivity index (χ0v) is 26.8. The first kappa shape index (κ1) is 36.9. The Morgan fingerprint density at radius 1 is 0.750 bits per heavy atom. The molecule has 0 bridgehead atoms. The molecule has 6 N–H and O–H groups in total. The average molecular weight is 664 g/mol. The summed E-state index contributed by atoms with van der Waals surface area (Å²) < 4.78 is 1.19. The minimum Gasteiger partial charge on any atom is -0.480 e. The van der Waals surface area contributed by atoms with Crippen molar-refractivity contribution < 1.29 is 39.0 Å². The number of carboxylic acids is 2. The van der Waals surface area contributed by atoms with Gasteiger partial charge in [0.2, 0.25) is 17.7 Å². The van der Waals surface area contributed by atoms with Crippen LogP contribution in [0.2, 0.25) is 0 Å². The minimum absolute atomic E-state index is 0.0487. The van der Waals surface area contributed by atoms with Gasteiger partial charge in [0.1, 0.15) is 18.6 Å². The number of nitrogens with one attached hydrogen (secondary N) is 4. The van der Waals surface area contributed by atoms with E-state index in [2.05, 4.69) is 31.6 Å². The molecule has 2 atom stereocenters. The van der Waals surface area contributed by atoms with Gasteiger partial charge >= 0.3 is 11.9 Å². The second kappa shape index (κ2) is 17.9. The Hall–Kier alpha value is -5.60. The predicted molar refractivity (Wildman–Crippen MR) is 173 cm³/mol. The third-order valence-electron chi connectivity index (χ3n) is 7.57. The van der Waals surface area contributed by atoms with Crippen molar-refractivity contribution in [3.8, 4) is 0 Å². The second-order valence-corrected chi connectivity index (χ2v) is 11.2. The molecule has 0 radical (unpaired) electrons. The summed E-state index contributed by atoms with van der Waals surface area (Å²) in [5, 5.41) is 36.8. The predicted octanol–water partition coefficient (Wildman–Crippen LogP) is 1.04. The smallest absolute Gasteiger partial charge is 0.331 e. The summed E-state index contributed by atoms with van der Waals surface area (Å²) in [6.07, 6.45) is 3.03. The number of amides is 4. The van der Waals surface area contributed by atoms with Gasteiger partial charge in [-0.05, 0) is 24.0 Å². The number of hydrogen-bond acceptors (Lipinski definition) is 8. The van der Waals surface area contributed by atoms with Gasteiger partial charge < -0.3 is 31.5 Å². The fourth-order valence-corrected chi connectivity index (χ4v) is 5.24. The molecule has 1 heterocycles. The number of hydrogen-bond donors (Lipinski definition) is 6. The van der Waals surface area contributed by atoms with Gasteiger partial charge in [0.05, 0.1) is 12.7 Å². The van der Waals surface area contributed by atoms with E-state index in [0.717, 1.165) is 0 Å². The van der Waals surface area contributed by atoms with E-state index in [9.17, 15) is 33.9 Å². The third kappa shape index (κ3) is 10.5. The van der Waals surface area contributed by atoms with E-state index < -0.39 is 66.3 Å². The van der Waals surface area contributed by atoms with Crippen LogP contribution in [-0.2, 0) is 42.4 Å². The van der Waals surface area contributed by atoms with Gasteiger partial charge in [0.15, 0.2) is 11.2 Å². The maximum atomic E-state index is 13.4. The Morgan fingerprint density at radius 3 is 1.73 bits per heavy atom. The van der Waals surface area contributed by atoms with Gasteiger partial charge in [-0.25, -0.2) is 9.48 Å². The van der Waals surface area contributed by atoms with Crippen molar-refractivity contribution in [2.24, 2.45) is 0 Å². The number of carbonyl (C=O) groups excluding carboxylic acids is 4. The molecule has 3 rings (SSSR count). The van der Waals surface area contributed by atoms with Crippen LogP contribution in [-0.4, -0.2) is 85.9 Å². The van der Waals surface area contributed by atoms with Crippen molar-refractivity contribution in [1.82, 2.24) is 36.3 Å². The lowest BCUT2D eigenvalue weighted by Crippen LogP contribution is -2.53. The highest BCUT2D eigenvalue weighted by atomic mass is 16.4. The Bertz CT molecular complexity index is 1560. The van der Waals surface area contributed by atoms with Crippen LogP contribution in [0.3, 0.4) is 0 Å². The van der Waals surface area contributed by atoms with E-state index in [1.165, 1.54) is 10.9 Å². The Labute approximate surface area is 277 Å². The van der Waals surface area contributed by atoms with E-state index in [0.29, 0.717) is 24.0 Å². The summed E-state index contributed by atoms with van der Waals surface area (Å²) in [5.41, 5.74) is -0.149. The molecule has 2 aromatic carbocycles. The van der Waals surface area contributed by atoms with Gasteiger partial charge in [-0.1, -0.05) is 92.6 Å². The molecule has 48 heavy (non-hydrogen) atoms. The van der Waals surface area contributed by atoms with Crippen molar-refractivity contribution in [2.75, 3.05) is 13.1 Å². The molecule has 0 aliphatic heterocycles. The zero-order valence-electron chi connectivity index (χ0n) is 26.8. The first-order valence-corrected chi connectivity index (χ1v) is 15.6. The molecule has 0 fully saturated rings. The van der Waals surface area contributed by atoms with Crippen LogP contribution in [0.4, 0.5) is 0 Å². The Balaban J connectivity index is 1.74. The van der Waals surface area contributed by atoms with Crippen LogP contribution in [0.1, 0.15) is 61.1 Å². The summed E-state index contributed by atoms with van der Waals surface area (Å²) in [6.45, 7) is 2.51. The Morgan fingerprint density at radius 2 is 1.25 bits per heavy atom. The average Bonchev–Trinajstić information content (AvgIpc) is 3.57. The number of carboxylic acid groups (broad SMARTS) is 2. The van der Waals surface area contributed by atoms with Crippen molar-refractivity contribution in [1.29, 1.82) is 0 Å². The number of aliphatic carboxylic acids is 2. The van der Waals surface area contributed by atoms with Gasteiger partial charge in [-0.3, -0.25) is 24.0 Å². The molecule has 15 heteroatoms. The first-order valence-electron chi connectivity index (χ1n) is 15.6. The van der Waals surface area contributed by atoms with Crippen molar-refractivity contribution in [3.63, 3.8) is 0 Å². The minimum atomic E-state index is -1.38. The maximum absolute atomic E-state index is 13.4. The lowest BCUT2D eigenvalue weighted by molar-refractivity contribution is -0.149. The molecule has 0 unspecified atom stereocenters. The molecule has 0 spiro atoms. The number of aromatic nitrogens is 3. The van der Waals surface area contributed by atoms with Gasteiger partial charge in [-0.15, -0.1) is 5.10 Å². The lowest BCUT2D eigenvalue weighted by Gasteiger charge is -2.28. The molecule has 15 nitrogen and oxygen atoms in total. The summed E-state index contributed by atoms with van der Waals surface area (Å²) in [7, 11) is 0. The molecule has 4 amide bonds. The van der Waals surface area contributed by atoms with Crippen LogP contribution in [0.5, 0.6) is 0 Å². The highest BCUT2D eigenvalue weighted by molar-refractivity contribution is 5.97. The molecule has 1 aromatic heterocycles. The Kier molecular flexibility index (Phi) is 13.8. The van der Waals surface area contributed by atoms with Gasteiger partial charge in [-0.2, -0.15) is 0 Å². The van der Waals surface area contributed by atoms with Gasteiger partial charge in [0, 0.05) is 12.8 Å². The van der Waals surface area contributed by atoms with E-state index in [1.54, 1.807) is 60.7 Å². The molecule has 0 aliphatic carbocycles. The van der Waals surface area contributed by atoms with Crippen LogP contribution < -0.4 is 21.3 Å². The molecule has 0 aliphatic rings. The topological polar surface area (TPSA) is 222 Å². The molecule has 0 saturated heterocycles. The van der Waals surface area contributed by atoms with E-state index in [1.807, 2.05) is 13.8 Å². The standard InChI is InChI=1S/C33H41N7O8/c1-3-15-33(16-4-2,32(47)48)40-21-26(38-39-40)31(46)37-25(18-23-13-9-6-10-14-23)30(45)34-19-27(41)36-24(29(44)35-20-28(42)43)17-22-11-7-5-8-12-22/h5-14,21,24-25H,3-4,15-20H2,1-2H3,(H,34,45)(H,35,44)(H,36,41)(H,37,46)(H,42,43)(H,47,48)/t24-,25-/m0/s1. The molecular weight excluding hydrogens is 622 g/mol. The molecular formula is C33H41N7O8. The number of rotatable bonds is 19. The van der Waals surface area contributed by atoms with E-state index >= 15 is 0 Å². The summed E-state index contributed by atoms with van der Waals surface area (Å²) in [4.78, 5) is 75.5. The summed E-state index contributed by atoms with van der Waals surface area (Å²) in [6, 6.07) is 15.3. The fraction of sp³-hybridized carbons (Fsp3) is 0.394. The molecule has 0 saturated carbocycles. The number of nitrogens with zero attached hydrogens (tertiary/aromatic N) is 3. The SMILES string of the molecule is CCCC(CCC)(C(=O)O)n1cc(C(=O)N[C@@H](Cc2ccccc2)C(=O)NCC(=O)N[C@@H](Cc2ccccc2)C(=O)NCC(=O)O)nn1. The van der Waals surface area contributed by atoms with Crippen molar-refractivity contribution in [3.05, 3.63) is 83.7 Å². The van der Waals surface area contributed by atoms with Crippen LogP contribution in [0, 0.1) is 0 Å². The maximum Gasteiger partial charge on any atom is 0.331 e. The highest BCUT2D eigenvalue weighted by Gasteiger charge is 2.40. The normalized spacial score (nSPS) is 12.3. The molecule has 3 aromatic rings. The summed E-state index contributed by atoms with van der Waals surface area (Å²) in [5.74, 6) is -5.26. The third-order valence-corrected chi connectivity index (χ3v) is 7.57. The highest BCUT2D eigenvalue weighted by Crippen LogP contribution is 2.28. The zero-order chi connectivity index (χ0) is 35.1. The van der Waals surface area contributed by atoms with Gasteiger partial charge in [0.25, 0.3) is 5.91 Å². The fourth-order valence-electron chi connectivity index (χ4n) is 5.24. The quantitative estimate of drug-likeness (QED) is 0.107. The largest absolute Gasteiger partial charge is 0.480 e. The molecule has 256 valence electrons. The lowest BCUT2D eigenvalue weighted by atomic mass is 9.89.